The summed E-state index contributed by atoms with van der Waals surface area (Å²) >= 11 is 0. The Bertz CT molecular complexity index is 241. The van der Waals surface area contributed by atoms with Crippen molar-refractivity contribution in [3.8, 4) is 0 Å². The highest BCUT2D eigenvalue weighted by Crippen LogP contribution is 2.34. The molecular formula is C20H45N3. The van der Waals surface area contributed by atoms with Crippen LogP contribution in [0.25, 0.3) is 0 Å². The molecule has 0 aliphatic heterocycles. The lowest BCUT2D eigenvalue weighted by Gasteiger charge is -2.44. The normalized spacial score (nSPS) is 17.0. The number of hydrogen-bond acceptors (Lipinski definition) is 3. The van der Waals surface area contributed by atoms with E-state index in [0.717, 1.165) is 38.8 Å². The summed E-state index contributed by atoms with van der Waals surface area (Å²) in [6.07, 6.45) is 13.2. The standard InChI is InChI=1S/C20H45N3/c1-5-9-12-16-23-17-20(15-8-4,18(21)13-10-6-2)19(22)14-11-7-3/h18-19,23H,5-17,21-22H2,1-4H3. The summed E-state index contributed by atoms with van der Waals surface area (Å²) in [5.41, 5.74) is 13.5. The van der Waals surface area contributed by atoms with Crippen LogP contribution in [0.4, 0.5) is 0 Å². The van der Waals surface area contributed by atoms with Gasteiger partial charge in [-0.2, -0.15) is 0 Å². The van der Waals surface area contributed by atoms with Crippen LogP contribution in [-0.4, -0.2) is 25.2 Å². The molecule has 0 aliphatic carbocycles. The van der Waals surface area contributed by atoms with Crippen LogP contribution in [0.15, 0.2) is 0 Å². The largest absolute Gasteiger partial charge is 0.327 e. The van der Waals surface area contributed by atoms with Crippen LogP contribution in [0.2, 0.25) is 0 Å². The van der Waals surface area contributed by atoms with E-state index < -0.39 is 0 Å². The van der Waals surface area contributed by atoms with E-state index in [4.69, 9.17) is 11.5 Å². The van der Waals surface area contributed by atoms with Gasteiger partial charge in [0.1, 0.15) is 0 Å². The third kappa shape index (κ3) is 8.51. The summed E-state index contributed by atoms with van der Waals surface area (Å²) in [7, 11) is 0. The molecule has 0 amide bonds. The highest BCUT2D eigenvalue weighted by molar-refractivity contribution is 4.98. The van der Waals surface area contributed by atoms with E-state index in [9.17, 15) is 0 Å². The average molecular weight is 328 g/mol. The number of rotatable bonds is 16. The summed E-state index contributed by atoms with van der Waals surface area (Å²) in [5, 5.41) is 3.70. The first-order chi connectivity index (χ1) is 11.1. The molecule has 0 radical (unpaired) electrons. The SMILES string of the molecule is CCCCCNCC(CCC)(C(N)CCCC)C(N)CCCC. The molecule has 0 aromatic heterocycles. The van der Waals surface area contributed by atoms with E-state index in [-0.39, 0.29) is 17.5 Å². The Morgan fingerprint density at radius 1 is 0.739 bits per heavy atom. The molecular weight excluding hydrogens is 282 g/mol. The van der Waals surface area contributed by atoms with Crippen LogP contribution >= 0.6 is 0 Å². The van der Waals surface area contributed by atoms with Crippen molar-refractivity contribution in [2.45, 2.75) is 110 Å². The Kier molecular flexibility index (Phi) is 14.2. The molecule has 0 saturated heterocycles. The molecule has 23 heavy (non-hydrogen) atoms. The van der Waals surface area contributed by atoms with Crippen LogP contribution < -0.4 is 16.8 Å². The minimum Gasteiger partial charge on any atom is -0.327 e. The van der Waals surface area contributed by atoms with Gasteiger partial charge >= 0.3 is 0 Å². The Morgan fingerprint density at radius 3 is 1.70 bits per heavy atom. The predicted molar refractivity (Wildman–Crippen MR) is 105 cm³/mol. The van der Waals surface area contributed by atoms with Crippen LogP contribution in [0.1, 0.15) is 98.3 Å². The first-order valence-corrected chi connectivity index (χ1v) is 10.3. The molecule has 2 atom stereocenters. The molecule has 0 aliphatic rings. The summed E-state index contributed by atoms with van der Waals surface area (Å²) < 4.78 is 0. The Labute approximate surface area is 146 Å². The maximum Gasteiger partial charge on any atom is 0.0130 e. The second kappa shape index (κ2) is 14.2. The van der Waals surface area contributed by atoms with Crippen molar-refractivity contribution in [3.63, 3.8) is 0 Å². The third-order valence-corrected chi connectivity index (χ3v) is 5.34. The molecule has 3 nitrogen and oxygen atoms in total. The van der Waals surface area contributed by atoms with Crippen molar-refractivity contribution in [1.82, 2.24) is 5.32 Å². The molecule has 0 fully saturated rings. The first-order valence-electron chi connectivity index (χ1n) is 10.3. The molecule has 3 heteroatoms. The highest BCUT2D eigenvalue weighted by atomic mass is 14.9. The average Bonchev–Trinajstić information content (AvgIpc) is 2.56. The zero-order valence-corrected chi connectivity index (χ0v) is 16.5. The van der Waals surface area contributed by atoms with Crippen molar-refractivity contribution in [3.05, 3.63) is 0 Å². The van der Waals surface area contributed by atoms with Gasteiger partial charge in [0.2, 0.25) is 0 Å². The summed E-state index contributed by atoms with van der Waals surface area (Å²) in [6, 6.07) is 0.431. The van der Waals surface area contributed by atoms with Crippen molar-refractivity contribution in [2.24, 2.45) is 16.9 Å². The lowest BCUT2D eigenvalue weighted by Crippen LogP contribution is -2.58. The van der Waals surface area contributed by atoms with E-state index in [0.29, 0.717) is 0 Å². The van der Waals surface area contributed by atoms with E-state index in [1.54, 1.807) is 0 Å². The monoisotopic (exact) mass is 327 g/mol. The molecule has 0 bridgehead atoms. The molecule has 0 aromatic rings. The van der Waals surface area contributed by atoms with E-state index in [2.05, 4.69) is 33.0 Å². The minimum absolute atomic E-state index is 0.0608. The molecule has 0 heterocycles. The number of nitrogens with two attached hydrogens (primary N) is 2. The van der Waals surface area contributed by atoms with Crippen molar-refractivity contribution < 1.29 is 0 Å². The van der Waals surface area contributed by atoms with Gasteiger partial charge in [0.05, 0.1) is 0 Å². The first kappa shape index (κ1) is 22.9. The summed E-state index contributed by atoms with van der Waals surface area (Å²) in [5.74, 6) is 0. The summed E-state index contributed by atoms with van der Waals surface area (Å²) in [6.45, 7) is 11.1. The fraction of sp³-hybridized carbons (Fsp3) is 1.00. The topological polar surface area (TPSA) is 64.1 Å². The molecule has 0 saturated carbocycles. The van der Waals surface area contributed by atoms with Gasteiger partial charge in [-0.25, -0.2) is 0 Å². The van der Waals surface area contributed by atoms with E-state index >= 15 is 0 Å². The predicted octanol–water partition coefficient (Wildman–Crippen LogP) is 4.59. The lowest BCUT2D eigenvalue weighted by molar-refractivity contribution is 0.132. The maximum absolute atomic E-state index is 6.72. The smallest absolute Gasteiger partial charge is 0.0130 e. The van der Waals surface area contributed by atoms with Crippen LogP contribution in [0.3, 0.4) is 0 Å². The fourth-order valence-electron chi connectivity index (χ4n) is 3.71. The summed E-state index contributed by atoms with van der Waals surface area (Å²) in [4.78, 5) is 0. The second-order valence-corrected chi connectivity index (χ2v) is 7.36. The van der Waals surface area contributed by atoms with E-state index in [1.807, 2.05) is 0 Å². The third-order valence-electron chi connectivity index (χ3n) is 5.34. The highest BCUT2D eigenvalue weighted by Gasteiger charge is 2.40. The number of unbranched alkanes of at least 4 members (excludes halogenated alkanes) is 4. The molecule has 5 N–H and O–H groups in total. The second-order valence-electron chi connectivity index (χ2n) is 7.36. The van der Waals surface area contributed by atoms with Gasteiger partial charge in [0.25, 0.3) is 0 Å². The van der Waals surface area contributed by atoms with E-state index in [1.165, 1.54) is 44.9 Å². The molecule has 140 valence electrons. The number of hydrogen-bond donors (Lipinski definition) is 3. The van der Waals surface area contributed by atoms with Gasteiger partial charge in [0.15, 0.2) is 0 Å². The van der Waals surface area contributed by atoms with Crippen LogP contribution in [0, 0.1) is 5.41 Å². The lowest BCUT2D eigenvalue weighted by atomic mass is 9.68. The molecule has 0 spiro atoms. The van der Waals surface area contributed by atoms with Gasteiger partial charge in [-0.05, 0) is 32.2 Å². The van der Waals surface area contributed by atoms with Gasteiger partial charge in [0, 0.05) is 24.0 Å². The van der Waals surface area contributed by atoms with Gasteiger partial charge in [-0.15, -0.1) is 0 Å². The number of nitrogens with one attached hydrogen (secondary N) is 1. The zero-order chi connectivity index (χ0) is 17.6. The van der Waals surface area contributed by atoms with Crippen LogP contribution in [0.5, 0.6) is 0 Å². The minimum atomic E-state index is 0.0608. The Hall–Kier alpha value is -0.120. The maximum atomic E-state index is 6.72. The quantitative estimate of drug-likeness (QED) is 0.363. The molecule has 0 aromatic carbocycles. The van der Waals surface area contributed by atoms with Crippen LogP contribution in [-0.2, 0) is 0 Å². The molecule has 2 unspecified atom stereocenters. The fourth-order valence-corrected chi connectivity index (χ4v) is 3.71. The van der Waals surface area contributed by atoms with Crippen molar-refractivity contribution in [2.75, 3.05) is 13.1 Å². The van der Waals surface area contributed by atoms with Gasteiger partial charge in [-0.3, -0.25) is 0 Å². The van der Waals surface area contributed by atoms with Gasteiger partial charge in [-0.1, -0.05) is 72.6 Å². The zero-order valence-electron chi connectivity index (χ0n) is 16.5. The van der Waals surface area contributed by atoms with Crippen molar-refractivity contribution in [1.29, 1.82) is 0 Å². The van der Waals surface area contributed by atoms with Crippen molar-refractivity contribution >= 4 is 0 Å². The Balaban J connectivity index is 4.91. The Morgan fingerprint density at radius 2 is 1.26 bits per heavy atom. The molecule has 0 rings (SSSR count). The van der Waals surface area contributed by atoms with Gasteiger partial charge < -0.3 is 16.8 Å².